The molecule has 1 atom stereocenters. The van der Waals surface area contributed by atoms with Crippen LogP contribution in [0.4, 0.5) is 0 Å². The van der Waals surface area contributed by atoms with Crippen LogP contribution in [0.1, 0.15) is 26.7 Å². The van der Waals surface area contributed by atoms with Gasteiger partial charge < -0.3 is 10.1 Å². The molecule has 1 amide bonds. The second-order valence-electron chi connectivity index (χ2n) is 5.66. The molecule has 0 heterocycles. The van der Waals surface area contributed by atoms with Crippen molar-refractivity contribution >= 4 is 21.7 Å². The monoisotopic (exact) mass is 341 g/mol. The molecule has 0 aliphatic carbocycles. The molecule has 0 fully saturated rings. The Labute approximate surface area is 137 Å². The number of benzene rings is 1. The third-order valence-corrected chi connectivity index (χ3v) is 4.96. The summed E-state index contributed by atoms with van der Waals surface area (Å²) in [4.78, 5) is 23.8. The molecular weight excluding hydrogens is 318 g/mol. The third-order valence-electron chi connectivity index (χ3n) is 3.19. The summed E-state index contributed by atoms with van der Waals surface area (Å²) in [6.07, 6.45) is 0.229. The van der Waals surface area contributed by atoms with Crippen molar-refractivity contribution in [2.24, 2.45) is 5.92 Å². The largest absolute Gasteiger partial charge is 0.467 e. The summed E-state index contributed by atoms with van der Waals surface area (Å²) in [6, 6.07) is 7.02. The summed E-state index contributed by atoms with van der Waals surface area (Å²) in [7, 11) is -2.31. The highest BCUT2D eigenvalue weighted by atomic mass is 32.2. The van der Waals surface area contributed by atoms with Gasteiger partial charge in [-0.1, -0.05) is 32.0 Å². The molecular formula is C16H23NO5S. The zero-order valence-corrected chi connectivity index (χ0v) is 14.4. The summed E-state index contributed by atoms with van der Waals surface area (Å²) in [6.45, 7) is 3.76. The molecule has 1 aromatic carbocycles. The van der Waals surface area contributed by atoms with Crippen LogP contribution in [-0.2, 0) is 24.2 Å². The number of rotatable bonds is 8. The van der Waals surface area contributed by atoms with Gasteiger partial charge in [-0.15, -0.1) is 0 Å². The molecule has 0 saturated carbocycles. The fourth-order valence-electron chi connectivity index (χ4n) is 2.03. The SMILES string of the molecule is COC(=O)[C@H](CCS(=O)(=O)c1ccccc1)NC(=O)CC(C)C. The highest BCUT2D eigenvalue weighted by Gasteiger charge is 2.25. The standard InChI is InChI=1S/C16H23NO5S/c1-12(2)11-15(18)17-14(16(19)22-3)9-10-23(20,21)13-7-5-4-6-8-13/h4-8,12,14H,9-11H2,1-3H3,(H,17,18)/t14-/m0/s1. The lowest BCUT2D eigenvalue weighted by molar-refractivity contribution is -0.145. The molecule has 7 heteroatoms. The van der Waals surface area contributed by atoms with Crippen LogP contribution in [0.15, 0.2) is 35.2 Å². The van der Waals surface area contributed by atoms with E-state index in [0.29, 0.717) is 0 Å². The van der Waals surface area contributed by atoms with Crippen LogP contribution in [0.5, 0.6) is 0 Å². The minimum atomic E-state index is -3.52. The van der Waals surface area contributed by atoms with Crippen molar-refractivity contribution in [1.29, 1.82) is 0 Å². The van der Waals surface area contributed by atoms with Crippen molar-refractivity contribution in [2.45, 2.75) is 37.6 Å². The van der Waals surface area contributed by atoms with Gasteiger partial charge in [0.15, 0.2) is 9.84 Å². The smallest absolute Gasteiger partial charge is 0.328 e. The normalized spacial score (nSPS) is 12.7. The van der Waals surface area contributed by atoms with Crippen molar-refractivity contribution < 1.29 is 22.7 Å². The average Bonchev–Trinajstić information content (AvgIpc) is 2.50. The Morgan fingerprint density at radius 3 is 2.30 bits per heavy atom. The summed E-state index contributed by atoms with van der Waals surface area (Å²) in [5.41, 5.74) is 0. The van der Waals surface area contributed by atoms with E-state index in [4.69, 9.17) is 0 Å². The lowest BCUT2D eigenvalue weighted by Gasteiger charge is -2.17. The number of ether oxygens (including phenoxy) is 1. The van der Waals surface area contributed by atoms with Gasteiger partial charge in [-0.2, -0.15) is 0 Å². The van der Waals surface area contributed by atoms with Crippen molar-refractivity contribution in [1.82, 2.24) is 5.32 Å². The molecule has 0 radical (unpaired) electrons. The molecule has 0 spiro atoms. The first kappa shape index (κ1) is 19.2. The Kier molecular flexibility index (Phi) is 7.22. The average molecular weight is 341 g/mol. The second-order valence-corrected chi connectivity index (χ2v) is 7.77. The van der Waals surface area contributed by atoms with Crippen molar-refractivity contribution in [3.63, 3.8) is 0 Å². The highest BCUT2D eigenvalue weighted by molar-refractivity contribution is 7.91. The van der Waals surface area contributed by atoms with E-state index in [1.54, 1.807) is 18.2 Å². The highest BCUT2D eigenvalue weighted by Crippen LogP contribution is 2.12. The molecule has 0 aliphatic heterocycles. The van der Waals surface area contributed by atoms with Gasteiger partial charge in [0.2, 0.25) is 5.91 Å². The van der Waals surface area contributed by atoms with Crippen LogP contribution in [0, 0.1) is 5.92 Å². The number of amides is 1. The van der Waals surface area contributed by atoms with E-state index >= 15 is 0 Å². The number of nitrogens with one attached hydrogen (secondary N) is 1. The van der Waals surface area contributed by atoms with Gasteiger partial charge in [-0.3, -0.25) is 4.79 Å². The van der Waals surface area contributed by atoms with Crippen LogP contribution in [0.3, 0.4) is 0 Å². The summed E-state index contributed by atoms with van der Waals surface area (Å²) in [5.74, 6) is -1.06. The van der Waals surface area contributed by atoms with Gasteiger partial charge in [0.05, 0.1) is 17.8 Å². The minimum Gasteiger partial charge on any atom is -0.467 e. The van der Waals surface area contributed by atoms with Gasteiger partial charge in [-0.05, 0) is 24.5 Å². The fraction of sp³-hybridized carbons (Fsp3) is 0.500. The number of sulfone groups is 1. The predicted molar refractivity (Wildman–Crippen MR) is 86.5 cm³/mol. The maximum absolute atomic E-state index is 12.2. The fourth-order valence-corrected chi connectivity index (χ4v) is 3.39. The van der Waals surface area contributed by atoms with Gasteiger partial charge in [0.1, 0.15) is 6.04 Å². The van der Waals surface area contributed by atoms with E-state index in [1.165, 1.54) is 19.2 Å². The third kappa shape index (κ3) is 6.40. The Bertz CT molecular complexity index is 625. The molecule has 6 nitrogen and oxygen atoms in total. The van der Waals surface area contributed by atoms with Crippen LogP contribution in [0.25, 0.3) is 0 Å². The molecule has 1 N–H and O–H groups in total. The van der Waals surface area contributed by atoms with Crippen molar-refractivity contribution in [2.75, 3.05) is 12.9 Å². The first-order valence-electron chi connectivity index (χ1n) is 7.41. The van der Waals surface area contributed by atoms with E-state index in [9.17, 15) is 18.0 Å². The molecule has 0 bridgehead atoms. The van der Waals surface area contributed by atoms with Crippen LogP contribution < -0.4 is 5.32 Å². The van der Waals surface area contributed by atoms with Crippen LogP contribution in [-0.4, -0.2) is 39.2 Å². The number of methoxy groups -OCH3 is 1. The topological polar surface area (TPSA) is 89.5 Å². The molecule has 0 unspecified atom stereocenters. The Hall–Kier alpha value is -1.89. The van der Waals surface area contributed by atoms with Gasteiger partial charge in [0.25, 0.3) is 0 Å². The number of carbonyl (C=O) groups excluding carboxylic acids is 2. The number of carbonyl (C=O) groups is 2. The van der Waals surface area contributed by atoms with Gasteiger partial charge in [-0.25, -0.2) is 13.2 Å². The first-order valence-corrected chi connectivity index (χ1v) is 9.06. The zero-order valence-electron chi connectivity index (χ0n) is 13.6. The first-order chi connectivity index (χ1) is 10.8. The quantitative estimate of drug-likeness (QED) is 0.725. The lowest BCUT2D eigenvalue weighted by atomic mass is 10.1. The maximum atomic E-state index is 12.2. The van der Waals surface area contributed by atoms with Crippen LogP contribution in [0.2, 0.25) is 0 Å². The summed E-state index contributed by atoms with van der Waals surface area (Å²) < 4.78 is 29.1. The van der Waals surface area contributed by atoms with E-state index in [2.05, 4.69) is 10.1 Å². The van der Waals surface area contributed by atoms with E-state index in [1.807, 2.05) is 13.8 Å². The van der Waals surface area contributed by atoms with Gasteiger partial charge >= 0.3 is 5.97 Å². The van der Waals surface area contributed by atoms with Crippen molar-refractivity contribution in [3.05, 3.63) is 30.3 Å². The number of esters is 1. The molecule has 1 aromatic rings. The zero-order chi connectivity index (χ0) is 17.5. The second kappa shape index (κ2) is 8.67. The number of hydrogen-bond donors (Lipinski definition) is 1. The summed E-state index contributed by atoms with van der Waals surface area (Å²) >= 11 is 0. The molecule has 23 heavy (non-hydrogen) atoms. The van der Waals surface area contributed by atoms with Crippen LogP contribution >= 0.6 is 0 Å². The lowest BCUT2D eigenvalue weighted by Crippen LogP contribution is -2.43. The molecule has 0 saturated heterocycles. The Morgan fingerprint density at radius 1 is 1.17 bits per heavy atom. The van der Waals surface area contributed by atoms with E-state index < -0.39 is 21.8 Å². The van der Waals surface area contributed by atoms with Gasteiger partial charge in [0, 0.05) is 6.42 Å². The molecule has 0 aliphatic rings. The minimum absolute atomic E-state index is 0.0340. The predicted octanol–water partition coefficient (Wildman–Crippen LogP) is 1.55. The van der Waals surface area contributed by atoms with E-state index in [0.717, 1.165) is 0 Å². The van der Waals surface area contributed by atoms with E-state index in [-0.39, 0.29) is 35.3 Å². The molecule has 0 aromatic heterocycles. The Balaban J connectivity index is 2.75. The molecule has 1 rings (SSSR count). The maximum Gasteiger partial charge on any atom is 0.328 e. The molecule has 128 valence electrons. The Morgan fingerprint density at radius 2 is 1.78 bits per heavy atom. The number of hydrogen-bond acceptors (Lipinski definition) is 5. The summed E-state index contributed by atoms with van der Waals surface area (Å²) in [5, 5.41) is 2.55. The van der Waals surface area contributed by atoms with Crippen molar-refractivity contribution in [3.8, 4) is 0 Å².